The Morgan fingerprint density at radius 1 is 1.08 bits per heavy atom. The van der Waals surface area contributed by atoms with Gasteiger partial charge in [-0.05, 0) is 47.7 Å². The first-order valence-corrected chi connectivity index (χ1v) is 8.74. The van der Waals surface area contributed by atoms with E-state index in [-0.39, 0.29) is 30.2 Å². The third-order valence-electron chi connectivity index (χ3n) is 5.65. The lowest BCUT2D eigenvalue weighted by atomic mass is 9.80. The molecule has 4 rings (SSSR count). The summed E-state index contributed by atoms with van der Waals surface area (Å²) >= 11 is 0. The highest BCUT2D eigenvalue weighted by Gasteiger charge is 2.40. The van der Waals surface area contributed by atoms with Crippen LogP contribution in [0, 0.1) is 0 Å². The van der Waals surface area contributed by atoms with Gasteiger partial charge in [0.25, 0.3) is 0 Å². The van der Waals surface area contributed by atoms with Crippen molar-refractivity contribution in [3.8, 4) is 23.0 Å². The van der Waals surface area contributed by atoms with Crippen molar-refractivity contribution in [2.45, 2.75) is 24.9 Å². The molecule has 0 saturated heterocycles. The summed E-state index contributed by atoms with van der Waals surface area (Å²) in [6.45, 7) is 0.745. The number of benzene rings is 2. The predicted octanol–water partition coefficient (Wildman–Crippen LogP) is 2.30. The van der Waals surface area contributed by atoms with Crippen molar-refractivity contribution in [1.29, 1.82) is 0 Å². The Balaban J connectivity index is 1.86. The Labute approximate surface area is 152 Å². The van der Waals surface area contributed by atoms with Crippen LogP contribution < -0.4 is 9.47 Å². The van der Waals surface area contributed by atoms with Gasteiger partial charge in [0.15, 0.2) is 23.0 Å². The van der Waals surface area contributed by atoms with E-state index in [1.807, 2.05) is 12.1 Å². The van der Waals surface area contributed by atoms with E-state index in [0.29, 0.717) is 17.9 Å². The van der Waals surface area contributed by atoms with Gasteiger partial charge in [-0.2, -0.15) is 0 Å². The molecule has 0 aromatic heterocycles. The van der Waals surface area contributed by atoms with Crippen LogP contribution >= 0.6 is 0 Å². The van der Waals surface area contributed by atoms with Gasteiger partial charge in [-0.3, -0.25) is 4.90 Å². The van der Waals surface area contributed by atoms with Crippen molar-refractivity contribution in [3.63, 3.8) is 0 Å². The average Bonchev–Trinajstić information content (AvgIpc) is 2.65. The summed E-state index contributed by atoms with van der Waals surface area (Å²) in [4.78, 5) is 2.22. The number of aliphatic hydroxyl groups is 1. The lowest BCUT2D eigenvalue weighted by molar-refractivity contribution is 0.0612. The molecule has 0 saturated carbocycles. The molecule has 2 heterocycles. The number of phenolic OH excluding ortho intramolecular Hbond substituents is 2. The van der Waals surface area contributed by atoms with Crippen LogP contribution in [0.3, 0.4) is 0 Å². The first-order chi connectivity index (χ1) is 12.6. The zero-order valence-corrected chi connectivity index (χ0v) is 14.9. The van der Waals surface area contributed by atoms with E-state index in [4.69, 9.17) is 9.47 Å². The fraction of sp³-hybridized carbons (Fsp3) is 0.400. The Hall–Kier alpha value is -2.44. The predicted molar refractivity (Wildman–Crippen MR) is 96.0 cm³/mol. The van der Waals surface area contributed by atoms with Gasteiger partial charge in [-0.15, -0.1) is 0 Å². The highest BCUT2D eigenvalue weighted by molar-refractivity contribution is 5.55. The molecular formula is C20H23NO5. The maximum atomic E-state index is 10.7. The van der Waals surface area contributed by atoms with E-state index in [2.05, 4.69) is 4.90 Å². The molecule has 26 heavy (non-hydrogen) atoms. The molecule has 2 aliphatic heterocycles. The molecule has 0 fully saturated rings. The number of aromatic hydroxyl groups is 2. The van der Waals surface area contributed by atoms with Gasteiger partial charge >= 0.3 is 0 Å². The van der Waals surface area contributed by atoms with Crippen molar-refractivity contribution < 1.29 is 24.8 Å². The number of hydrogen-bond acceptors (Lipinski definition) is 6. The Kier molecular flexibility index (Phi) is 4.17. The second-order valence-corrected chi connectivity index (χ2v) is 6.82. The number of rotatable bonds is 3. The Morgan fingerprint density at radius 3 is 2.54 bits per heavy atom. The topological polar surface area (TPSA) is 82.4 Å². The number of phenols is 2. The SMILES string of the molecule is COc1cc2c(cc1O)C[C@@H]1c3c(ccc(OC)c3O)CCN1[C@H]2CO. The smallest absolute Gasteiger partial charge is 0.162 e. The molecule has 2 aromatic rings. The van der Waals surface area contributed by atoms with Crippen LogP contribution in [0.25, 0.3) is 0 Å². The average molecular weight is 357 g/mol. The van der Waals surface area contributed by atoms with E-state index in [9.17, 15) is 15.3 Å². The minimum absolute atomic E-state index is 0.0442. The van der Waals surface area contributed by atoms with Crippen molar-refractivity contribution in [1.82, 2.24) is 4.90 Å². The summed E-state index contributed by atoms with van der Waals surface area (Å²) in [5.41, 5.74) is 3.88. The van der Waals surface area contributed by atoms with Gasteiger partial charge in [0.1, 0.15) is 0 Å². The van der Waals surface area contributed by atoms with Crippen molar-refractivity contribution in [2.24, 2.45) is 0 Å². The van der Waals surface area contributed by atoms with E-state index in [0.717, 1.165) is 35.2 Å². The van der Waals surface area contributed by atoms with E-state index in [1.54, 1.807) is 19.2 Å². The molecule has 6 nitrogen and oxygen atoms in total. The number of hydrogen-bond donors (Lipinski definition) is 3. The monoisotopic (exact) mass is 357 g/mol. The molecule has 2 aromatic carbocycles. The second-order valence-electron chi connectivity index (χ2n) is 6.82. The molecule has 0 amide bonds. The van der Waals surface area contributed by atoms with Crippen LogP contribution in [0.1, 0.15) is 34.3 Å². The lowest BCUT2D eigenvalue weighted by Crippen LogP contribution is -2.44. The van der Waals surface area contributed by atoms with E-state index >= 15 is 0 Å². The number of aliphatic hydroxyl groups excluding tert-OH is 1. The molecule has 138 valence electrons. The van der Waals surface area contributed by atoms with Crippen LogP contribution in [0.5, 0.6) is 23.0 Å². The fourth-order valence-electron chi connectivity index (χ4n) is 4.42. The van der Waals surface area contributed by atoms with Crippen LogP contribution in [-0.4, -0.2) is 47.6 Å². The number of nitrogens with zero attached hydrogens (tertiary/aromatic N) is 1. The largest absolute Gasteiger partial charge is 0.504 e. The highest BCUT2D eigenvalue weighted by Crippen LogP contribution is 2.50. The number of ether oxygens (including phenoxy) is 2. The minimum atomic E-state index is -0.211. The third-order valence-corrected chi connectivity index (χ3v) is 5.65. The van der Waals surface area contributed by atoms with Gasteiger partial charge in [0.2, 0.25) is 0 Å². The number of fused-ring (bicyclic) bond motifs is 4. The molecule has 2 aliphatic rings. The van der Waals surface area contributed by atoms with Crippen molar-refractivity contribution in [3.05, 3.63) is 46.5 Å². The summed E-state index contributed by atoms with van der Waals surface area (Å²) < 4.78 is 10.5. The standard InChI is InChI=1S/C20H23NO5/c1-25-17-4-3-11-5-6-21-14(19(11)20(17)24)7-12-8-16(23)18(26-2)9-13(12)15(21)10-22/h3-4,8-9,14-15,22-24H,5-7,10H2,1-2H3/t14-,15+/m1/s1. The summed E-state index contributed by atoms with van der Waals surface area (Å²) in [6.07, 6.45) is 1.43. The molecule has 0 unspecified atom stereocenters. The van der Waals surface area contributed by atoms with Gasteiger partial charge in [-0.25, -0.2) is 0 Å². The first-order valence-electron chi connectivity index (χ1n) is 8.74. The molecule has 0 radical (unpaired) electrons. The van der Waals surface area contributed by atoms with Gasteiger partial charge in [0.05, 0.1) is 26.9 Å². The normalized spacial score (nSPS) is 21.5. The maximum absolute atomic E-state index is 10.7. The summed E-state index contributed by atoms with van der Waals surface area (Å²) in [5.74, 6) is 1.11. The van der Waals surface area contributed by atoms with E-state index < -0.39 is 0 Å². The molecule has 6 heteroatoms. The Bertz CT molecular complexity index is 851. The summed E-state index contributed by atoms with van der Waals surface area (Å²) in [6, 6.07) is 7.02. The van der Waals surface area contributed by atoms with Crippen molar-refractivity contribution in [2.75, 3.05) is 27.4 Å². The molecule has 2 atom stereocenters. The van der Waals surface area contributed by atoms with Crippen molar-refractivity contribution >= 4 is 0 Å². The zero-order chi connectivity index (χ0) is 18.4. The van der Waals surface area contributed by atoms with Gasteiger partial charge in [0, 0.05) is 18.2 Å². The van der Waals surface area contributed by atoms with Gasteiger partial charge in [-0.1, -0.05) is 6.07 Å². The lowest BCUT2D eigenvalue weighted by Gasteiger charge is -2.46. The number of methoxy groups -OCH3 is 2. The zero-order valence-electron chi connectivity index (χ0n) is 14.9. The summed E-state index contributed by atoms with van der Waals surface area (Å²) in [7, 11) is 3.06. The van der Waals surface area contributed by atoms with Crippen LogP contribution in [0.4, 0.5) is 0 Å². The fourth-order valence-corrected chi connectivity index (χ4v) is 4.42. The molecular weight excluding hydrogens is 334 g/mol. The molecule has 0 aliphatic carbocycles. The first kappa shape index (κ1) is 17.0. The summed E-state index contributed by atoms with van der Waals surface area (Å²) in [5, 5.41) is 31.0. The molecule has 0 bridgehead atoms. The third kappa shape index (κ3) is 2.40. The van der Waals surface area contributed by atoms with Crippen LogP contribution in [-0.2, 0) is 12.8 Å². The quantitative estimate of drug-likeness (QED) is 0.782. The second kappa shape index (κ2) is 6.37. The highest BCUT2D eigenvalue weighted by atomic mass is 16.5. The maximum Gasteiger partial charge on any atom is 0.162 e. The minimum Gasteiger partial charge on any atom is -0.504 e. The van der Waals surface area contributed by atoms with E-state index in [1.165, 1.54) is 7.11 Å². The van der Waals surface area contributed by atoms with Crippen LogP contribution in [0.15, 0.2) is 24.3 Å². The molecule has 0 spiro atoms. The molecule has 3 N–H and O–H groups in total. The van der Waals surface area contributed by atoms with Crippen LogP contribution in [0.2, 0.25) is 0 Å². The Morgan fingerprint density at radius 2 is 1.85 bits per heavy atom. The van der Waals surface area contributed by atoms with Gasteiger partial charge < -0.3 is 24.8 Å².